The fourth-order valence-corrected chi connectivity index (χ4v) is 3.13. The Morgan fingerprint density at radius 2 is 1.80 bits per heavy atom. The summed E-state index contributed by atoms with van der Waals surface area (Å²) in [5.74, 6) is 0.972. The van der Waals surface area contributed by atoms with E-state index in [0.29, 0.717) is 29.3 Å². The molecule has 9 nitrogen and oxygen atoms in total. The fraction of sp³-hybridized carbons (Fsp3) is 0.238. The fourth-order valence-electron chi connectivity index (χ4n) is 3.13. The maximum Gasteiger partial charge on any atom is 0.275 e. The largest absolute Gasteiger partial charge is 0.497 e. The van der Waals surface area contributed by atoms with Crippen molar-refractivity contribution in [1.29, 1.82) is 0 Å². The number of hydrogen-bond acceptors (Lipinski definition) is 6. The Morgan fingerprint density at radius 1 is 1.13 bits per heavy atom. The third-order valence-corrected chi connectivity index (χ3v) is 4.56. The smallest absolute Gasteiger partial charge is 0.275 e. The average molecular weight is 410 g/mol. The second-order valence-electron chi connectivity index (χ2n) is 6.57. The van der Waals surface area contributed by atoms with Crippen molar-refractivity contribution in [3.8, 4) is 17.2 Å². The number of amides is 1. The van der Waals surface area contributed by atoms with Gasteiger partial charge in [0.25, 0.3) is 11.6 Å². The highest BCUT2D eigenvalue weighted by Crippen LogP contribution is 2.31. The maximum absolute atomic E-state index is 12.8. The van der Waals surface area contributed by atoms with E-state index < -0.39 is 4.92 Å². The van der Waals surface area contributed by atoms with Gasteiger partial charge in [-0.05, 0) is 45.0 Å². The molecule has 1 amide bonds. The standard InChI is InChI=1S/C21H22N4O5/c1-5-24-14(3)20(13(2)23-24)21(26)22-15-10-16(25(27)28)12-19(11-15)30-18-8-6-17(29-4)7-9-18/h6-12H,5H2,1-4H3,(H,22,26). The molecule has 0 aliphatic rings. The van der Waals surface area contributed by atoms with Gasteiger partial charge >= 0.3 is 0 Å². The number of nitro groups is 1. The van der Waals surface area contributed by atoms with Crippen molar-refractivity contribution in [3.63, 3.8) is 0 Å². The Morgan fingerprint density at radius 3 is 2.37 bits per heavy atom. The van der Waals surface area contributed by atoms with E-state index in [1.807, 2.05) is 13.8 Å². The van der Waals surface area contributed by atoms with Crippen LogP contribution in [-0.2, 0) is 6.54 Å². The molecule has 3 rings (SSSR count). The van der Waals surface area contributed by atoms with Crippen molar-refractivity contribution in [2.75, 3.05) is 12.4 Å². The summed E-state index contributed by atoms with van der Waals surface area (Å²) in [4.78, 5) is 23.6. The zero-order valence-electron chi connectivity index (χ0n) is 17.1. The van der Waals surface area contributed by atoms with Crippen molar-refractivity contribution in [1.82, 2.24) is 9.78 Å². The second-order valence-corrected chi connectivity index (χ2v) is 6.57. The van der Waals surface area contributed by atoms with E-state index in [2.05, 4.69) is 10.4 Å². The summed E-state index contributed by atoms with van der Waals surface area (Å²) in [6, 6.07) is 10.9. The van der Waals surface area contributed by atoms with E-state index in [4.69, 9.17) is 9.47 Å². The SMILES string of the molecule is CCn1nc(C)c(C(=O)Nc2cc(Oc3ccc(OC)cc3)cc([N+](=O)[O-])c2)c1C. The lowest BCUT2D eigenvalue weighted by molar-refractivity contribution is -0.384. The third kappa shape index (κ3) is 4.40. The lowest BCUT2D eigenvalue weighted by Crippen LogP contribution is -2.14. The molecule has 1 heterocycles. The number of carbonyl (C=O) groups excluding carboxylic acids is 1. The van der Waals surface area contributed by atoms with Crippen LogP contribution in [0.2, 0.25) is 0 Å². The van der Waals surface area contributed by atoms with Gasteiger partial charge in [-0.25, -0.2) is 0 Å². The molecule has 0 fully saturated rings. The monoisotopic (exact) mass is 410 g/mol. The zero-order chi connectivity index (χ0) is 21.8. The van der Waals surface area contributed by atoms with Crippen LogP contribution >= 0.6 is 0 Å². The van der Waals surface area contributed by atoms with Crippen LogP contribution in [0.3, 0.4) is 0 Å². The van der Waals surface area contributed by atoms with Gasteiger partial charge in [0, 0.05) is 24.4 Å². The number of aryl methyl sites for hydroxylation is 2. The molecule has 0 unspecified atom stereocenters. The minimum Gasteiger partial charge on any atom is -0.497 e. The van der Waals surface area contributed by atoms with Gasteiger partial charge in [-0.1, -0.05) is 0 Å². The number of ether oxygens (including phenoxy) is 2. The van der Waals surface area contributed by atoms with Crippen LogP contribution in [0.1, 0.15) is 28.7 Å². The molecule has 0 atom stereocenters. The highest BCUT2D eigenvalue weighted by atomic mass is 16.6. The number of aromatic nitrogens is 2. The van der Waals surface area contributed by atoms with Gasteiger partial charge in [-0.15, -0.1) is 0 Å². The first-order chi connectivity index (χ1) is 14.3. The first-order valence-electron chi connectivity index (χ1n) is 9.29. The van der Waals surface area contributed by atoms with Crippen LogP contribution in [0.5, 0.6) is 17.2 Å². The van der Waals surface area contributed by atoms with Gasteiger partial charge < -0.3 is 14.8 Å². The van der Waals surface area contributed by atoms with Gasteiger partial charge in [0.1, 0.15) is 17.2 Å². The van der Waals surface area contributed by atoms with Gasteiger partial charge in [0.05, 0.1) is 35.0 Å². The molecule has 0 bridgehead atoms. The number of anilines is 1. The molecule has 0 spiro atoms. The molecule has 156 valence electrons. The molecular formula is C21H22N4O5. The molecular weight excluding hydrogens is 388 g/mol. The number of hydrogen-bond donors (Lipinski definition) is 1. The molecule has 0 saturated heterocycles. The van der Waals surface area contributed by atoms with Crippen LogP contribution in [0, 0.1) is 24.0 Å². The highest BCUT2D eigenvalue weighted by Gasteiger charge is 2.20. The molecule has 1 N–H and O–H groups in total. The van der Waals surface area contributed by atoms with Crippen molar-refractivity contribution >= 4 is 17.3 Å². The van der Waals surface area contributed by atoms with Crippen LogP contribution in [-0.4, -0.2) is 27.7 Å². The average Bonchev–Trinajstić information content (AvgIpc) is 3.01. The van der Waals surface area contributed by atoms with Gasteiger partial charge in [0.15, 0.2) is 0 Å². The molecule has 0 radical (unpaired) electrons. The number of methoxy groups -OCH3 is 1. The lowest BCUT2D eigenvalue weighted by atomic mass is 10.1. The first kappa shape index (κ1) is 20.8. The summed E-state index contributed by atoms with van der Waals surface area (Å²) in [5, 5.41) is 18.4. The number of non-ortho nitro benzene ring substituents is 1. The molecule has 0 saturated carbocycles. The summed E-state index contributed by atoms with van der Waals surface area (Å²) in [5.41, 5.74) is 1.82. The number of nitro benzene ring substituents is 1. The molecule has 0 aliphatic carbocycles. The second kappa shape index (κ2) is 8.64. The van der Waals surface area contributed by atoms with E-state index >= 15 is 0 Å². The zero-order valence-corrected chi connectivity index (χ0v) is 17.1. The van der Waals surface area contributed by atoms with Crippen molar-refractivity contribution in [3.05, 3.63) is 69.5 Å². The Balaban J connectivity index is 1.89. The number of nitrogens with zero attached hydrogens (tertiary/aromatic N) is 3. The maximum atomic E-state index is 12.8. The summed E-state index contributed by atoms with van der Waals surface area (Å²) in [7, 11) is 1.55. The molecule has 9 heteroatoms. The van der Waals surface area contributed by atoms with E-state index in [1.165, 1.54) is 18.2 Å². The molecule has 30 heavy (non-hydrogen) atoms. The first-order valence-corrected chi connectivity index (χ1v) is 9.29. The van der Waals surface area contributed by atoms with Gasteiger partial charge in [-0.2, -0.15) is 5.10 Å². The molecule has 3 aromatic rings. The Labute approximate surface area is 173 Å². The predicted octanol–water partition coefficient (Wildman–Crippen LogP) is 4.48. The highest BCUT2D eigenvalue weighted by molar-refractivity contribution is 6.06. The van der Waals surface area contributed by atoms with Crippen LogP contribution in [0.25, 0.3) is 0 Å². The lowest BCUT2D eigenvalue weighted by Gasteiger charge is -2.10. The number of benzene rings is 2. The van der Waals surface area contributed by atoms with E-state index in [1.54, 1.807) is 43.0 Å². The van der Waals surface area contributed by atoms with E-state index in [-0.39, 0.29) is 23.0 Å². The summed E-state index contributed by atoms with van der Waals surface area (Å²) in [6.45, 7) is 6.13. The Bertz CT molecular complexity index is 1090. The Kier molecular flexibility index (Phi) is 6.01. The molecule has 2 aromatic carbocycles. The van der Waals surface area contributed by atoms with Crippen LogP contribution < -0.4 is 14.8 Å². The quantitative estimate of drug-likeness (QED) is 0.454. The minimum atomic E-state index is -0.540. The van der Waals surface area contributed by atoms with Crippen LogP contribution in [0.15, 0.2) is 42.5 Å². The summed E-state index contributed by atoms with van der Waals surface area (Å²) in [6.07, 6.45) is 0. The third-order valence-electron chi connectivity index (χ3n) is 4.56. The van der Waals surface area contributed by atoms with Crippen LogP contribution in [0.4, 0.5) is 11.4 Å². The Hall–Kier alpha value is -3.88. The molecule has 1 aromatic heterocycles. The number of rotatable bonds is 7. The topological polar surface area (TPSA) is 109 Å². The minimum absolute atomic E-state index is 0.200. The van der Waals surface area contributed by atoms with E-state index in [9.17, 15) is 14.9 Å². The van der Waals surface area contributed by atoms with Crippen molar-refractivity contribution in [2.24, 2.45) is 0 Å². The summed E-state index contributed by atoms with van der Waals surface area (Å²) >= 11 is 0. The number of carbonyl (C=O) groups is 1. The summed E-state index contributed by atoms with van der Waals surface area (Å²) < 4.78 is 12.6. The van der Waals surface area contributed by atoms with Gasteiger partial charge in [-0.3, -0.25) is 19.6 Å². The number of nitrogens with one attached hydrogen (secondary N) is 1. The van der Waals surface area contributed by atoms with Gasteiger partial charge in [0.2, 0.25) is 0 Å². The van der Waals surface area contributed by atoms with Crippen molar-refractivity contribution in [2.45, 2.75) is 27.3 Å². The predicted molar refractivity (Wildman–Crippen MR) is 111 cm³/mol. The molecule has 0 aliphatic heterocycles. The van der Waals surface area contributed by atoms with Crippen molar-refractivity contribution < 1.29 is 19.2 Å². The normalized spacial score (nSPS) is 10.5. The van der Waals surface area contributed by atoms with E-state index in [0.717, 1.165) is 5.69 Å².